The van der Waals surface area contributed by atoms with Crippen LogP contribution >= 0.6 is 0 Å². The summed E-state index contributed by atoms with van der Waals surface area (Å²) in [6.45, 7) is 5.79. The van der Waals surface area contributed by atoms with E-state index in [4.69, 9.17) is 10.2 Å². The van der Waals surface area contributed by atoms with E-state index in [1.165, 1.54) is 0 Å². The number of esters is 1. The highest BCUT2D eigenvalue weighted by atomic mass is 16.5. The lowest BCUT2D eigenvalue weighted by atomic mass is 10.3. The summed E-state index contributed by atoms with van der Waals surface area (Å²) in [4.78, 5) is 19.0. The zero-order chi connectivity index (χ0) is 9.98. The van der Waals surface area contributed by atoms with Gasteiger partial charge in [-0.25, -0.2) is 15.0 Å². The number of nitrogens with one attached hydrogen (secondary N) is 1. The number of allylic oxidation sites excluding steroid dienone is 1. The Labute approximate surface area is 71.7 Å². The van der Waals surface area contributed by atoms with Crippen LogP contribution in [-0.2, 0) is 14.3 Å². The molecule has 0 aliphatic rings. The number of rotatable bonds is 2. The average molecular weight is 171 g/mol. The van der Waals surface area contributed by atoms with Crippen LogP contribution in [-0.4, -0.2) is 18.7 Å². The molecule has 0 unspecified atom stereocenters. The molecule has 0 radical (unpaired) electrons. The van der Waals surface area contributed by atoms with Gasteiger partial charge in [-0.2, -0.15) is 0 Å². The Morgan fingerprint density at radius 2 is 2.08 bits per heavy atom. The van der Waals surface area contributed by atoms with Gasteiger partial charge in [-0.15, -0.1) is 0 Å². The molecule has 0 atom stereocenters. The van der Waals surface area contributed by atoms with E-state index in [0.29, 0.717) is 12.2 Å². The Morgan fingerprint density at radius 3 is 2.33 bits per heavy atom. The van der Waals surface area contributed by atoms with Crippen molar-refractivity contribution in [1.29, 1.82) is 5.41 Å². The fourth-order valence-electron chi connectivity index (χ4n) is 0.363. The normalized spacial score (nSPS) is 9.08. The minimum atomic E-state index is -0.222. The number of hydrogen-bond donors (Lipinski definition) is 1. The molecule has 0 saturated heterocycles. The number of carbonyl (C=O) groups is 1. The van der Waals surface area contributed by atoms with Crippen LogP contribution in [0.1, 0.15) is 20.8 Å². The molecular weight excluding hydrogens is 158 g/mol. The van der Waals surface area contributed by atoms with Gasteiger partial charge in [0.2, 0.25) is 6.08 Å². The summed E-state index contributed by atoms with van der Waals surface area (Å²) >= 11 is 0. The summed E-state index contributed by atoms with van der Waals surface area (Å²) in [7, 11) is 0. The van der Waals surface area contributed by atoms with Crippen molar-refractivity contribution in [3.63, 3.8) is 0 Å². The minimum Gasteiger partial charge on any atom is -0.463 e. The first-order valence-electron chi connectivity index (χ1n) is 3.47. The second kappa shape index (κ2) is 9.59. The maximum atomic E-state index is 10.7. The molecule has 0 amide bonds. The first kappa shape index (κ1) is 13.2. The van der Waals surface area contributed by atoms with Crippen molar-refractivity contribution in [1.82, 2.24) is 0 Å². The molecule has 0 aliphatic carbocycles. The number of hydrogen-bond acceptors (Lipinski definition) is 4. The summed E-state index contributed by atoms with van der Waals surface area (Å²) in [5.41, 5.74) is 0.664. The lowest BCUT2D eigenvalue weighted by molar-refractivity contribution is -0.138. The van der Waals surface area contributed by atoms with Crippen molar-refractivity contribution < 1.29 is 14.3 Å². The van der Waals surface area contributed by atoms with Gasteiger partial charge in [-0.1, -0.05) is 6.08 Å². The van der Waals surface area contributed by atoms with Crippen LogP contribution in [0.15, 0.2) is 11.6 Å². The zero-order valence-corrected chi connectivity index (χ0v) is 7.51. The third kappa shape index (κ3) is 8.59. The second-order valence-electron chi connectivity index (χ2n) is 1.79. The van der Waals surface area contributed by atoms with Gasteiger partial charge in [-0.05, 0) is 20.8 Å². The Morgan fingerprint density at radius 1 is 1.67 bits per heavy atom. The molecule has 0 aromatic rings. The van der Waals surface area contributed by atoms with Crippen molar-refractivity contribution in [2.24, 2.45) is 0 Å². The van der Waals surface area contributed by atoms with Crippen molar-refractivity contribution in [2.45, 2.75) is 20.8 Å². The first-order valence-corrected chi connectivity index (χ1v) is 3.47. The van der Waals surface area contributed by atoms with Gasteiger partial charge < -0.3 is 4.74 Å². The van der Waals surface area contributed by atoms with Gasteiger partial charge in [0.25, 0.3) is 0 Å². The van der Waals surface area contributed by atoms with Gasteiger partial charge in [-0.3, -0.25) is 0 Å². The molecule has 1 N–H and O–H groups in total. The van der Waals surface area contributed by atoms with E-state index in [1.54, 1.807) is 19.9 Å². The molecule has 0 aromatic carbocycles. The van der Waals surface area contributed by atoms with E-state index in [0.717, 1.165) is 6.08 Å². The monoisotopic (exact) mass is 171 g/mol. The van der Waals surface area contributed by atoms with E-state index < -0.39 is 0 Å². The highest BCUT2D eigenvalue weighted by Crippen LogP contribution is 1.94. The summed E-state index contributed by atoms with van der Waals surface area (Å²) in [5.74, 6) is -0.222. The minimum absolute atomic E-state index is 0.222. The lowest BCUT2D eigenvalue weighted by Crippen LogP contribution is -2.04. The largest absolute Gasteiger partial charge is 0.463 e. The van der Waals surface area contributed by atoms with Crippen LogP contribution in [0.25, 0.3) is 0 Å². The maximum Gasteiger partial charge on any atom is 0.333 e. The number of ether oxygens (including phenoxy) is 1. The summed E-state index contributed by atoms with van der Waals surface area (Å²) in [6.07, 6.45) is 2.48. The second-order valence-corrected chi connectivity index (χ2v) is 1.79. The van der Waals surface area contributed by atoms with Crippen molar-refractivity contribution in [2.75, 3.05) is 6.61 Å². The molecule has 0 aliphatic heterocycles. The molecule has 0 aromatic heterocycles. The van der Waals surface area contributed by atoms with Gasteiger partial charge in [0.1, 0.15) is 0 Å². The zero-order valence-electron chi connectivity index (χ0n) is 7.51. The first-order chi connectivity index (χ1) is 5.63. The Bertz CT molecular complexity index is 190. The number of carbonyl (C=O) groups excluding carboxylic acids is 2. The van der Waals surface area contributed by atoms with Gasteiger partial charge >= 0.3 is 5.97 Å². The molecular formula is C8H13NO3. The molecule has 12 heavy (non-hydrogen) atoms. The highest BCUT2D eigenvalue weighted by molar-refractivity contribution is 5.87. The predicted molar refractivity (Wildman–Crippen MR) is 44.5 cm³/mol. The molecule has 0 heterocycles. The summed E-state index contributed by atoms with van der Waals surface area (Å²) in [6, 6.07) is 0. The van der Waals surface area contributed by atoms with Gasteiger partial charge in [0, 0.05) is 5.57 Å². The SMILES string of the molecule is CC=C(C)C(=O)OCC.N=C=O. The molecule has 0 saturated carbocycles. The van der Waals surface area contributed by atoms with E-state index >= 15 is 0 Å². The molecule has 68 valence electrons. The molecule has 0 fully saturated rings. The topological polar surface area (TPSA) is 67.2 Å². The van der Waals surface area contributed by atoms with Crippen molar-refractivity contribution >= 4 is 12.0 Å². The van der Waals surface area contributed by atoms with E-state index in [1.807, 2.05) is 6.92 Å². The summed E-state index contributed by atoms with van der Waals surface area (Å²) in [5, 5.41) is 5.40. The van der Waals surface area contributed by atoms with Crippen LogP contribution in [0.3, 0.4) is 0 Å². The molecule has 4 nitrogen and oxygen atoms in total. The molecule has 0 spiro atoms. The highest BCUT2D eigenvalue weighted by Gasteiger charge is 2.00. The maximum absolute atomic E-state index is 10.7. The fraction of sp³-hybridized carbons (Fsp3) is 0.500. The number of isocyanates is 1. The van der Waals surface area contributed by atoms with E-state index in [9.17, 15) is 4.79 Å². The standard InChI is InChI=1S/C7H12O2.CHNO/c1-4-6(3)7(8)9-5-2;2-1-3/h4H,5H2,1-3H3;2H. The fourth-order valence-corrected chi connectivity index (χ4v) is 0.363. The van der Waals surface area contributed by atoms with E-state index in [-0.39, 0.29) is 5.97 Å². The predicted octanol–water partition coefficient (Wildman–Crippen LogP) is 1.42. The lowest BCUT2D eigenvalue weighted by Gasteiger charge is -1.98. The van der Waals surface area contributed by atoms with Crippen LogP contribution in [0.4, 0.5) is 0 Å². The van der Waals surface area contributed by atoms with Gasteiger partial charge in [0.15, 0.2) is 0 Å². The third-order valence-electron chi connectivity index (χ3n) is 1.03. The van der Waals surface area contributed by atoms with Gasteiger partial charge in [0.05, 0.1) is 6.61 Å². The molecule has 4 heteroatoms. The van der Waals surface area contributed by atoms with Crippen molar-refractivity contribution in [3.8, 4) is 0 Å². The van der Waals surface area contributed by atoms with E-state index in [2.05, 4.69) is 4.74 Å². The quantitative estimate of drug-likeness (QED) is 0.295. The van der Waals surface area contributed by atoms with Crippen molar-refractivity contribution in [3.05, 3.63) is 11.6 Å². The molecule has 0 bridgehead atoms. The third-order valence-corrected chi connectivity index (χ3v) is 1.03. The van der Waals surface area contributed by atoms with Crippen LogP contribution in [0.2, 0.25) is 0 Å². The Hall–Kier alpha value is -1.41. The van der Waals surface area contributed by atoms with Crippen LogP contribution < -0.4 is 0 Å². The smallest absolute Gasteiger partial charge is 0.333 e. The molecule has 0 rings (SSSR count). The van der Waals surface area contributed by atoms with Crippen LogP contribution in [0.5, 0.6) is 0 Å². The Balaban J connectivity index is 0. The Kier molecular flexibility index (Phi) is 10.5. The average Bonchev–Trinajstić information content (AvgIpc) is 2.05. The van der Waals surface area contributed by atoms with Crippen LogP contribution in [0, 0.1) is 5.41 Å². The summed E-state index contributed by atoms with van der Waals surface area (Å²) < 4.78 is 4.69.